The van der Waals surface area contributed by atoms with E-state index in [1.807, 2.05) is 37.0 Å². The van der Waals surface area contributed by atoms with Crippen LogP contribution in [0.1, 0.15) is 11.1 Å². The summed E-state index contributed by atoms with van der Waals surface area (Å²) in [4.78, 5) is 13.9. The Labute approximate surface area is 130 Å². The van der Waals surface area contributed by atoms with Gasteiger partial charge in [0, 0.05) is 13.6 Å². The highest BCUT2D eigenvalue weighted by atomic mass is 127. The Kier molecular flexibility index (Phi) is 5.53. The van der Waals surface area contributed by atoms with Crippen LogP contribution in [0.15, 0.2) is 43.0 Å². The van der Waals surface area contributed by atoms with Gasteiger partial charge in [-0.3, -0.25) is 0 Å². The Morgan fingerprint density at radius 2 is 2.05 bits per heavy atom. The van der Waals surface area contributed by atoms with E-state index in [1.54, 1.807) is 22.0 Å². The number of benzene rings is 1. The lowest BCUT2D eigenvalue weighted by molar-refractivity contribution is -0.670. The molecule has 0 bridgehead atoms. The zero-order valence-electron chi connectivity index (χ0n) is 11.4. The van der Waals surface area contributed by atoms with Crippen LogP contribution in [0.4, 0.5) is 4.79 Å². The highest BCUT2D eigenvalue weighted by Crippen LogP contribution is 2.10. The van der Waals surface area contributed by atoms with Crippen molar-refractivity contribution in [1.82, 2.24) is 9.47 Å². The molecule has 4 nitrogen and oxygen atoms in total. The number of hydrogen-bond donors (Lipinski definition) is 0. The summed E-state index contributed by atoms with van der Waals surface area (Å²) in [5, 5.41) is 0. The third-order valence-electron chi connectivity index (χ3n) is 2.99. The van der Waals surface area contributed by atoms with Crippen molar-refractivity contribution in [2.24, 2.45) is 7.05 Å². The summed E-state index contributed by atoms with van der Waals surface area (Å²) in [6.07, 6.45) is 5.37. The predicted molar refractivity (Wildman–Crippen MR) is 69.0 cm³/mol. The summed E-state index contributed by atoms with van der Waals surface area (Å²) in [6.45, 7) is 2.68. The molecular formula is C14H18IN3O. The molecular weight excluding hydrogens is 353 g/mol. The van der Waals surface area contributed by atoms with E-state index in [-0.39, 0.29) is 30.0 Å². The van der Waals surface area contributed by atoms with Gasteiger partial charge in [-0.2, -0.15) is 4.57 Å². The van der Waals surface area contributed by atoms with E-state index >= 15 is 0 Å². The minimum atomic E-state index is -0.0288. The quantitative estimate of drug-likeness (QED) is 0.478. The van der Waals surface area contributed by atoms with Crippen LogP contribution in [-0.4, -0.2) is 22.5 Å². The number of carbonyl (C=O) groups excluding carboxylic acids is 1. The number of carbonyl (C=O) groups is 1. The molecule has 0 aliphatic rings. The van der Waals surface area contributed by atoms with Crippen LogP contribution in [0.2, 0.25) is 0 Å². The second-order valence-electron chi connectivity index (χ2n) is 4.55. The van der Waals surface area contributed by atoms with Crippen molar-refractivity contribution in [3.05, 3.63) is 54.1 Å². The molecule has 1 heterocycles. The number of imidazole rings is 1. The van der Waals surface area contributed by atoms with Gasteiger partial charge in [0.2, 0.25) is 0 Å². The third-order valence-corrected chi connectivity index (χ3v) is 2.99. The fraction of sp³-hybridized carbons (Fsp3) is 0.286. The molecule has 2 aromatic rings. The predicted octanol–water partition coefficient (Wildman–Crippen LogP) is -1.27. The molecule has 1 aromatic heterocycles. The number of aromatic nitrogens is 2. The lowest BCUT2D eigenvalue weighted by Crippen LogP contribution is -3.00. The van der Waals surface area contributed by atoms with Crippen molar-refractivity contribution < 1.29 is 33.3 Å². The molecule has 0 fully saturated rings. The Hall–Kier alpha value is -1.37. The molecule has 0 aliphatic heterocycles. The highest BCUT2D eigenvalue weighted by Gasteiger charge is 2.17. The molecule has 0 atom stereocenters. The molecule has 1 aromatic carbocycles. The van der Waals surface area contributed by atoms with Crippen LogP contribution >= 0.6 is 0 Å². The average Bonchev–Trinajstić information content (AvgIpc) is 2.78. The van der Waals surface area contributed by atoms with Gasteiger partial charge in [-0.15, -0.1) is 0 Å². The van der Waals surface area contributed by atoms with Crippen LogP contribution in [-0.2, 0) is 13.6 Å². The zero-order chi connectivity index (χ0) is 13.1. The number of hydrogen-bond acceptors (Lipinski definition) is 1. The largest absolute Gasteiger partial charge is 1.00 e. The molecule has 0 spiro atoms. The maximum absolute atomic E-state index is 12.1. The van der Waals surface area contributed by atoms with Gasteiger partial charge in [0.05, 0.1) is 7.05 Å². The van der Waals surface area contributed by atoms with Gasteiger partial charge >= 0.3 is 6.03 Å². The van der Waals surface area contributed by atoms with E-state index in [9.17, 15) is 4.79 Å². The van der Waals surface area contributed by atoms with Gasteiger partial charge in [-0.05, 0) is 18.1 Å². The van der Waals surface area contributed by atoms with Crippen molar-refractivity contribution >= 4 is 6.03 Å². The Morgan fingerprint density at radius 1 is 1.37 bits per heavy atom. The van der Waals surface area contributed by atoms with Gasteiger partial charge in [-0.1, -0.05) is 24.3 Å². The number of nitrogens with zero attached hydrogens (tertiary/aromatic N) is 3. The van der Waals surface area contributed by atoms with Gasteiger partial charge < -0.3 is 28.9 Å². The SMILES string of the molecule is Cc1ccccc1CN(C)C(=O)n1cc[n+](C)c1.[I-]. The summed E-state index contributed by atoms with van der Waals surface area (Å²) in [6, 6.07) is 8.08. The second kappa shape index (κ2) is 6.70. The fourth-order valence-electron chi connectivity index (χ4n) is 1.87. The van der Waals surface area contributed by atoms with E-state index in [2.05, 4.69) is 19.1 Å². The number of amides is 1. The van der Waals surface area contributed by atoms with Crippen molar-refractivity contribution in [3.63, 3.8) is 0 Å². The van der Waals surface area contributed by atoms with Crippen molar-refractivity contribution in [2.45, 2.75) is 13.5 Å². The smallest absolute Gasteiger partial charge is 0.415 e. The first kappa shape index (κ1) is 15.7. The molecule has 102 valence electrons. The standard InChI is InChI=1S/C14H18N3O.HI/c1-12-6-4-5-7-13(12)10-16(3)14(18)17-9-8-15(2)11-17;/h4-9,11H,10H2,1-3H3;1H/q+1;/p-1. The monoisotopic (exact) mass is 371 g/mol. The van der Waals surface area contributed by atoms with Gasteiger partial charge in [0.1, 0.15) is 12.4 Å². The van der Waals surface area contributed by atoms with Gasteiger partial charge in [-0.25, -0.2) is 9.36 Å². The van der Waals surface area contributed by atoms with E-state index in [0.717, 1.165) is 0 Å². The summed E-state index contributed by atoms with van der Waals surface area (Å²) in [5.74, 6) is 0. The van der Waals surface area contributed by atoms with E-state index in [4.69, 9.17) is 0 Å². The first-order valence-corrected chi connectivity index (χ1v) is 5.91. The summed E-state index contributed by atoms with van der Waals surface area (Å²) >= 11 is 0. The van der Waals surface area contributed by atoms with E-state index in [1.165, 1.54) is 11.1 Å². The van der Waals surface area contributed by atoms with Crippen molar-refractivity contribution in [3.8, 4) is 0 Å². The molecule has 0 saturated carbocycles. The second-order valence-corrected chi connectivity index (χ2v) is 4.55. The molecule has 5 heteroatoms. The molecule has 2 rings (SSSR count). The maximum atomic E-state index is 12.1. The Morgan fingerprint density at radius 3 is 2.63 bits per heavy atom. The highest BCUT2D eigenvalue weighted by molar-refractivity contribution is 5.76. The summed E-state index contributed by atoms with van der Waals surface area (Å²) in [5.41, 5.74) is 2.38. The summed E-state index contributed by atoms with van der Waals surface area (Å²) in [7, 11) is 3.71. The molecule has 19 heavy (non-hydrogen) atoms. The maximum Gasteiger partial charge on any atom is 0.415 e. The molecule has 0 N–H and O–H groups in total. The number of halogens is 1. The van der Waals surface area contributed by atoms with Crippen molar-refractivity contribution in [1.29, 1.82) is 0 Å². The lowest BCUT2D eigenvalue weighted by atomic mass is 10.1. The molecule has 1 amide bonds. The first-order valence-electron chi connectivity index (χ1n) is 5.91. The number of aryl methyl sites for hydroxylation is 2. The Bertz CT molecular complexity index is 565. The lowest BCUT2D eigenvalue weighted by Gasteiger charge is -2.15. The Balaban J connectivity index is 0.00000180. The molecule has 0 unspecified atom stereocenters. The topological polar surface area (TPSA) is 29.1 Å². The number of rotatable bonds is 2. The third kappa shape index (κ3) is 3.79. The average molecular weight is 371 g/mol. The van der Waals surface area contributed by atoms with E-state index in [0.29, 0.717) is 6.54 Å². The molecule has 0 aliphatic carbocycles. The van der Waals surface area contributed by atoms with Gasteiger partial charge in [0.25, 0.3) is 6.33 Å². The summed E-state index contributed by atoms with van der Waals surface area (Å²) < 4.78 is 3.43. The minimum Gasteiger partial charge on any atom is -1.00 e. The van der Waals surface area contributed by atoms with Crippen LogP contribution in [0.25, 0.3) is 0 Å². The van der Waals surface area contributed by atoms with E-state index < -0.39 is 0 Å². The molecule has 0 saturated heterocycles. The normalized spacial score (nSPS) is 9.84. The van der Waals surface area contributed by atoms with Crippen LogP contribution < -0.4 is 28.5 Å². The minimum absolute atomic E-state index is 0. The van der Waals surface area contributed by atoms with Crippen LogP contribution in [0.5, 0.6) is 0 Å². The van der Waals surface area contributed by atoms with Crippen LogP contribution in [0, 0.1) is 6.92 Å². The fourth-order valence-corrected chi connectivity index (χ4v) is 1.87. The first-order chi connectivity index (χ1) is 8.58. The molecule has 0 radical (unpaired) electrons. The van der Waals surface area contributed by atoms with Gasteiger partial charge in [0.15, 0.2) is 0 Å². The zero-order valence-corrected chi connectivity index (χ0v) is 13.5. The van der Waals surface area contributed by atoms with Crippen molar-refractivity contribution in [2.75, 3.05) is 7.05 Å². The van der Waals surface area contributed by atoms with Crippen LogP contribution in [0.3, 0.4) is 0 Å².